The van der Waals surface area contributed by atoms with Gasteiger partial charge in [0.2, 0.25) is 5.91 Å². The van der Waals surface area contributed by atoms with E-state index in [1.165, 1.54) is 0 Å². The van der Waals surface area contributed by atoms with Crippen molar-refractivity contribution in [1.29, 1.82) is 0 Å². The number of carbonyl (C=O) groups is 2. The average molecular weight is 393 g/mol. The van der Waals surface area contributed by atoms with Crippen LogP contribution in [0.2, 0.25) is 0 Å². The first kappa shape index (κ1) is 20.0. The third kappa shape index (κ3) is 5.87. The number of anilines is 1. The summed E-state index contributed by atoms with van der Waals surface area (Å²) >= 11 is 0. The molecule has 150 valence electrons. The third-order valence-electron chi connectivity index (χ3n) is 4.21. The topological polar surface area (TPSA) is 92.6 Å². The lowest BCUT2D eigenvalue weighted by atomic mass is 10.2. The first-order valence-electron chi connectivity index (χ1n) is 9.24. The Morgan fingerprint density at radius 3 is 2.41 bits per heavy atom. The van der Waals surface area contributed by atoms with E-state index in [0.717, 1.165) is 11.3 Å². The molecule has 7 heteroatoms. The minimum Gasteiger partial charge on any atom is -0.495 e. The summed E-state index contributed by atoms with van der Waals surface area (Å²) < 4.78 is 11.0. The highest BCUT2D eigenvalue weighted by atomic mass is 16.5. The Bertz CT molecular complexity index is 953. The van der Waals surface area contributed by atoms with Gasteiger partial charge in [-0.25, -0.2) is 0 Å². The number of hydrogen-bond acceptors (Lipinski definition) is 5. The molecule has 3 rings (SSSR count). The second-order valence-corrected chi connectivity index (χ2v) is 6.28. The maximum atomic E-state index is 12.0. The minimum absolute atomic E-state index is 0.000721. The van der Waals surface area contributed by atoms with Crippen LogP contribution >= 0.6 is 0 Å². The van der Waals surface area contributed by atoms with Gasteiger partial charge in [0, 0.05) is 18.4 Å². The van der Waals surface area contributed by atoms with Gasteiger partial charge < -0.3 is 14.5 Å². The lowest BCUT2D eigenvalue weighted by Crippen LogP contribution is -2.44. The Hall–Kier alpha value is -3.74. The zero-order valence-corrected chi connectivity index (χ0v) is 16.1. The largest absolute Gasteiger partial charge is 0.495 e. The number of hydrazine groups is 1. The van der Waals surface area contributed by atoms with Gasteiger partial charge in [0.1, 0.15) is 17.3 Å². The van der Waals surface area contributed by atoms with E-state index in [9.17, 15) is 9.59 Å². The summed E-state index contributed by atoms with van der Waals surface area (Å²) in [6, 6.07) is 20.8. The van der Waals surface area contributed by atoms with E-state index in [-0.39, 0.29) is 24.8 Å². The van der Waals surface area contributed by atoms with Crippen LogP contribution in [0.25, 0.3) is 11.3 Å². The molecular weight excluding hydrogens is 370 g/mol. The molecule has 29 heavy (non-hydrogen) atoms. The van der Waals surface area contributed by atoms with Crippen LogP contribution in [0.1, 0.15) is 12.2 Å². The van der Waals surface area contributed by atoms with Crippen molar-refractivity contribution >= 4 is 17.5 Å². The monoisotopic (exact) mass is 393 g/mol. The fourth-order valence-corrected chi connectivity index (χ4v) is 2.72. The summed E-state index contributed by atoms with van der Waals surface area (Å²) in [5.41, 5.74) is 6.47. The van der Waals surface area contributed by atoms with Gasteiger partial charge >= 0.3 is 0 Å². The third-order valence-corrected chi connectivity index (χ3v) is 4.21. The second kappa shape index (κ2) is 9.98. The Morgan fingerprint density at radius 1 is 0.897 bits per heavy atom. The van der Waals surface area contributed by atoms with Gasteiger partial charge in [-0.2, -0.15) is 0 Å². The number of aryl methyl sites for hydroxylation is 1. The van der Waals surface area contributed by atoms with E-state index in [2.05, 4.69) is 16.2 Å². The van der Waals surface area contributed by atoms with Crippen molar-refractivity contribution in [1.82, 2.24) is 10.9 Å². The molecule has 2 amide bonds. The van der Waals surface area contributed by atoms with Crippen LogP contribution < -0.4 is 20.9 Å². The van der Waals surface area contributed by atoms with Crippen molar-refractivity contribution in [3.05, 3.63) is 72.5 Å². The van der Waals surface area contributed by atoms with Gasteiger partial charge in [0.15, 0.2) is 0 Å². The number of amides is 2. The molecule has 0 radical (unpaired) electrons. The summed E-state index contributed by atoms with van der Waals surface area (Å²) in [5.74, 6) is 1.44. The van der Waals surface area contributed by atoms with Gasteiger partial charge in [0.25, 0.3) is 5.91 Å². The van der Waals surface area contributed by atoms with Crippen LogP contribution in [0.15, 0.2) is 71.1 Å². The quantitative estimate of drug-likeness (QED) is 0.511. The van der Waals surface area contributed by atoms with Crippen LogP contribution in [0.3, 0.4) is 0 Å². The van der Waals surface area contributed by atoms with Gasteiger partial charge in [-0.15, -0.1) is 0 Å². The Labute approximate surface area is 169 Å². The first-order chi connectivity index (χ1) is 14.2. The number of nitrogens with one attached hydrogen (secondary N) is 3. The molecule has 0 aliphatic rings. The smallest absolute Gasteiger partial charge is 0.257 e. The Kier molecular flexibility index (Phi) is 6.89. The van der Waals surface area contributed by atoms with Crippen LogP contribution in [0.5, 0.6) is 5.75 Å². The molecular formula is C22H23N3O4. The summed E-state index contributed by atoms with van der Waals surface area (Å²) in [6.45, 7) is -0.000721. The van der Waals surface area contributed by atoms with Crippen LogP contribution in [0, 0.1) is 0 Å². The number of ether oxygens (including phenoxy) is 1. The minimum atomic E-state index is -0.367. The molecule has 0 aliphatic heterocycles. The Morgan fingerprint density at radius 2 is 1.62 bits per heavy atom. The van der Waals surface area contributed by atoms with E-state index < -0.39 is 0 Å². The molecule has 0 fully saturated rings. The second-order valence-electron chi connectivity index (χ2n) is 6.28. The van der Waals surface area contributed by atoms with E-state index in [1.54, 1.807) is 19.2 Å². The van der Waals surface area contributed by atoms with Crippen LogP contribution in [-0.2, 0) is 16.0 Å². The highest BCUT2D eigenvalue weighted by Crippen LogP contribution is 2.23. The number of rotatable bonds is 8. The van der Waals surface area contributed by atoms with Gasteiger partial charge in [-0.05, 0) is 24.3 Å². The van der Waals surface area contributed by atoms with Gasteiger partial charge in [-0.3, -0.25) is 20.4 Å². The number of methoxy groups -OCH3 is 1. The van der Waals surface area contributed by atoms with Gasteiger partial charge in [0.05, 0.1) is 19.3 Å². The molecule has 3 aromatic rings. The van der Waals surface area contributed by atoms with E-state index in [0.29, 0.717) is 23.6 Å². The normalized spacial score (nSPS) is 10.2. The summed E-state index contributed by atoms with van der Waals surface area (Å²) in [4.78, 5) is 23.9. The van der Waals surface area contributed by atoms with Crippen molar-refractivity contribution in [2.24, 2.45) is 0 Å². The number of benzene rings is 2. The van der Waals surface area contributed by atoms with Crippen molar-refractivity contribution in [2.75, 3.05) is 19.0 Å². The zero-order valence-electron chi connectivity index (χ0n) is 16.1. The average Bonchev–Trinajstić information content (AvgIpc) is 3.24. The summed E-state index contributed by atoms with van der Waals surface area (Å²) in [5, 5.41) is 2.96. The predicted octanol–water partition coefficient (Wildman–Crippen LogP) is 3.15. The number of para-hydroxylation sites is 2. The standard InChI is InChI=1S/C22H23N3O4/c1-28-20-10-6-5-9-18(20)23-15-22(27)25-24-21(26)14-12-17-11-13-19(29-17)16-7-3-2-4-8-16/h2-11,13,23H,12,14-15H2,1H3,(H,24,26)(H,25,27). The predicted molar refractivity (Wildman–Crippen MR) is 110 cm³/mol. The van der Waals surface area contributed by atoms with Crippen molar-refractivity contribution in [2.45, 2.75) is 12.8 Å². The molecule has 0 atom stereocenters. The molecule has 0 bridgehead atoms. The molecule has 7 nitrogen and oxygen atoms in total. The maximum Gasteiger partial charge on any atom is 0.257 e. The molecule has 3 N–H and O–H groups in total. The molecule has 0 saturated heterocycles. The molecule has 0 spiro atoms. The lowest BCUT2D eigenvalue weighted by Gasteiger charge is -2.11. The molecule has 1 heterocycles. The zero-order chi connectivity index (χ0) is 20.5. The Balaban J connectivity index is 1.39. The SMILES string of the molecule is COc1ccccc1NCC(=O)NNC(=O)CCc1ccc(-c2ccccc2)o1. The molecule has 0 unspecified atom stereocenters. The fourth-order valence-electron chi connectivity index (χ4n) is 2.72. The number of carbonyl (C=O) groups excluding carboxylic acids is 2. The fraction of sp³-hybridized carbons (Fsp3) is 0.182. The van der Waals surface area contributed by atoms with Crippen LogP contribution in [0.4, 0.5) is 5.69 Å². The van der Waals surface area contributed by atoms with E-state index >= 15 is 0 Å². The molecule has 0 saturated carbocycles. The molecule has 0 aliphatic carbocycles. The van der Waals surface area contributed by atoms with Gasteiger partial charge in [-0.1, -0.05) is 42.5 Å². The highest BCUT2D eigenvalue weighted by molar-refractivity contribution is 5.84. The number of hydrogen-bond donors (Lipinski definition) is 3. The van der Waals surface area contributed by atoms with E-state index in [4.69, 9.17) is 9.15 Å². The first-order valence-corrected chi connectivity index (χ1v) is 9.24. The van der Waals surface area contributed by atoms with Crippen molar-refractivity contribution in [3.8, 4) is 17.1 Å². The lowest BCUT2D eigenvalue weighted by molar-refractivity contribution is -0.128. The van der Waals surface area contributed by atoms with Crippen molar-refractivity contribution < 1.29 is 18.7 Å². The molecule has 1 aromatic heterocycles. The summed E-state index contributed by atoms with van der Waals surface area (Å²) in [6.07, 6.45) is 0.635. The maximum absolute atomic E-state index is 12.0. The summed E-state index contributed by atoms with van der Waals surface area (Å²) in [7, 11) is 1.56. The highest BCUT2D eigenvalue weighted by Gasteiger charge is 2.09. The van der Waals surface area contributed by atoms with Crippen LogP contribution in [-0.4, -0.2) is 25.5 Å². The van der Waals surface area contributed by atoms with E-state index in [1.807, 2.05) is 54.6 Å². The number of furan rings is 1. The molecule has 2 aromatic carbocycles. The van der Waals surface area contributed by atoms with Crippen molar-refractivity contribution in [3.63, 3.8) is 0 Å².